The zero-order valence-electron chi connectivity index (χ0n) is 12.6. The first kappa shape index (κ1) is 16.7. The van der Waals surface area contributed by atoms with E-state index in [4.69, 9.17) is 4.74 Å². The van der Waals surface area contributed by atoms with Crippen molar-refractivity contribution < 1.29 is 14.3 Å². The van der Waals surface area contributed by atoms with Crippen LogP contribution in [0, 0.1) is 13.8 Å². The predicted molar refractivity (Wildman–Crippen MR) is 81.5 cm³/mol. The van der Waals surface area contributed by atoms with Crippen LogP contribution in [-0.2, 0) is 9.53 Å². The van der Waals surface area contributed by atoms with Crippen LogP contribution in [0.3, 0.4) is 0 Å². The lowest BCUT2D eigenvalue weighted by molar-refractivity contribution is -0.115. The van der Waals surface area contributed by atoms with Gasteiger partial charge in [-0.1, -0.05) is 6.92 Å². The van der Waals surface area contributed by atoms with Crippen LogP contribution in [0.15, 0.2) is 0 Å². The standard InChI is InChI=1S/C14H22N2O3S/c1-6-8(2)15-7-11(17)16-13-12(14(18)19-5)9(3)10(4)20-13/h8,15H,6-7H2,1-5H3,(H,16,17). The van der Waals surface area contributed by atoms with Crippen molar-refractivity contribution in [2.45, 2.75) is 40.2 Å². The van der Waals surface area contributed by atoms with Crippen molar-refractivity contribution in [1.82, 2.24) is 5.32 Å². The van der Waals surface area contributed by atoms with Gasteiger partial charge in [-0.05, 0) is 32.8 Å². The van der Waals surface area contributed by atoms with E-state index in [1.807, 2.05) is 20.8 Å². The zero-order chi connectivity index (χ0) is 15.3. The third-order valence-corrected chi connectivity index (χ3v) is 4.37. The Hall–Kier alpha value is -1.40. The van der Waals surface area contributed by atoms with Gasteiger partial charge in [-0.25, -0.2) is 4.79 Å². The van der Waals surface area contributed by atoms with E-state index in [1.54, 1.807) is 0 Å². The van der Waals surface area contributed by atoms with E-state index in [-0.39, 0.29) is 18.5 Å². The summed E-state index contributed by atoms with van der Waals surface area (Å²) in [4.78, 5) is 24.7. The van der Waals surface area contributed by atoms with Crippen LogP contribution in [0.1, 0.15) is 41.1 Å². The van der Waals surface area contributed by atoms with Gasteiger partial charge in [0, 0.05) is 10.9 Å². The van der Waals surface area contributed by atoms with Gasteiger partial charge in [-0.2, -0.15) is 0 Å². The van der Waals surface area contributed by atoms with Crippen LogP contribution in [0.25, 0.3) is 0 Å². The highest BCUT2D eigenvalue weighted by molar-refractivity contribution is 7.16. The van der Waals surface area contributed by atoms with Gasteiger partial charge in [0.2, 0.25) is 5.91 Å². The van der Waals surface area contributed by atoms with Crippen molar-refractivity contribution in [3.63, 3.8) is 0 Å². The average Bonchev–Trinajstić information content (AvgIpc) is 2.70. The smallest absolute Gasteiger partial charge is 0.341 e. The second-order valence-corrected chi connectivity index (χ2v) is 5.94. The summed E-state index contributed by atoms with van der Waals surface area (Å²) in [7, 11) is 1.34. The van der Waals surface area contributed by atoms with E-state index in [2.05, 4.69) is 17.6 Å². The molecule has 1 heterocycles. The van der Waals surface area contributed by atoms with E-state index in [9.17, 15) is 9.59 Å². The molecule has 20 heavy (non-hydrogen) atoms. The SMILES string of the molecule is CCC(C)NCC(=O)Nc1sc(C)c(C)c1C(=O)OC. The Labute approximate surface area is 123 Å². The minimum atomic E-state index is -0.419. The molecule has 0 aromatic carbocycles. The molecule has 0 fully saturated rings. The maximum Gasteiger partial charge on any atom is 0.341 e. The molecule has 6 heteroatoms. The summed E-state index contributed by atoms with van der Waals surface area (Å²) < 4.78 is 4.77. The second kappa shape index (κ2) is 7.40. The zero-order valence-corrected chi connectivity index (χ0v) is 13.4. The first-order valence-corrected chi connectivity index (χ1v) is 7.43. The highest BCUT2D eigenvalue weighted by Crippen LogP contribution is 2.32. The number of thiophene rings is 1. The van der Waals surface area contributed by atoms with Crippen molar-refractivity contribution in [1.29, 1.82) is 0 Å². The Bertz CT molecular complexity index is 497. The molecule has 1 aromatic rings. The van der Waals surface area contributed by atoms with Gasteiger partial charge < -0.3 is 15.4 Å². The van der Waals surface area contributed by atoms with E-state index in [0.29, 0.717) is 10.6 Å². The topological polar surface area (TPSA) is 67.4 Å². The fraction of sp³-hybridized carbons (Fsp3) is 0.571. The number of ether oxygens (including phenoxy) is 1. The molecule has 0 radical (unpaired) electrons. The lowest BCUT2D eigenvalue weighted by atomic mass is 10.1. The summed E-state index contributed by atoms with van der Waals surface area (Å²) in [6.45, 7) is 8.07. The first-order chi connectivity index (χ1) is 9.40. The number of esters is 1. The quantitative estimate of drug-likeness (QED) is 0.792. The summed E-state index contributed by atoms with van der Waals surface area (Å²) in [6, 6.07) is 0.285. The molecule has 0 aliphatic heterocycles. The van der Waals surface area contributed by atoms with Gasteiger partial charge in [0.05, 0.1) is 19.2 Å². The molecule has 112 valence electrons. The number of hydrogen-bond acceptors (Lipinski definition) is 5. The Morgan fingerprint density at radius 1 is 1.35 bits per heavy atom. The number of aryl methyl sites for hydroxylation is 1. The first-order valence-electron chi connectivity index (χ1n) is 6.62. The molecule has 1 aromatic heterocycles. The molecule has 0 saturated carbocycles. The van der Waals surface area contributed by atoms with Gasteiger partial charge in [0.25, 0.3) is 0 Å². The molecule has 0 aliphatic rings. The van der Waals surface area contributed by atoms with Gasteiger partial charge in [-0.3, -0.25) is 4.79 Å². The van der Waals surface area contributed by atoms with E-state index in [1.165, 1.54) is 18.4 Å². The lowest BCUT2D eigenvalue weighted by Gasteiger charge is -2.11. The lowest BCUT2D eigenvalue weighted by Crippen LogP contribution is -2.34. The molecule has 0 aliphatic carbocycles. The molecule has 1 amide bonds. The van der Waals surface area contributed by atoms with Crippen molar-refractivity contribution in [3.05, 3.63) is 16.0 Å². The Kier molecular flexibility index (Phi) is 6.16. The van der Waals surface area contributed by atoms with E-state index < -0.39 is 5.97 Å². The summed E-state index contributed by atoms with van der Waals surface area (Å²) in [5.41, 5.74) is 1.30. The molecule has 1 atom stereocenters. The fourth-order valence-electron chi connectivity index (χ4n) is 1.64. The average molecular weight is 298 g/mol. The normalized spacial score (nSPS) is 12.1. The molecule has 1 rings (SSSR count). The van der Waals surface area contributed by atoms with Crippen molar-refractivity contribution in [3.8, 4) is 0 Å². The Morgan fingerprint density at radius 2 is 2.00 bits per heavy atom. The van der Waals surface area contributed by atoms with Crippen molar-refractivity contribution >= 4 is 28.2 Å². The second-order valence-electron chi connectivity index (χ2n) is 4.72. The molecule has 2 N–H and O–H groups in total. The summed E-state index contributed by atoms with van der Waals surface area (Å²) in [5.74, 6) is -0.575. The van der Waals surface area contributed by atoms with Crippen LogP contribution >= 0.6 is 11.3 Å². The van der Waals surface area contributed by atoms with Gasteiger partial charge in [-0.15, -0.1) is 11.3 Å². The number of carbonyl (C=O) groups is 2. The third-order valence-electron chi connectivity index (χ3n) is 3.25. The number of anilines is 1. The van der Waals surface area contributed by atoms with Crippen molar-refractivity contribution in [2.75, 3.05) is 19.0 Å². The molecular formula is C14H22N2O3S. The molecular weight excluding hydrogens is 276 g/mol. The van der Waals surface area contributed by atoms with Crippen LogP contribution in [0.5, 0.6) is 0 Å². The highest BCUT2D eigenvalue weighted by Gasteiger charge is 2.21. The monoisotopic (exact) mass is 298 g/mol. The molecule has 0 saturated heterocycles. The highest BCUT2D eigenvalue weighted by atomic mass is 32.1. The minimum Gasteiger partial charge on any atom is -0.465 e. The van der Waals surface area contributed by atoms with E-state index >= 15 is 0 Å². The fourth-order valence-corrected chi connectivity index (χ4v) is 2.71. The number of nitrogens with one attached hydrogen (secondary N) is 2. The number of rotatable bonds is 6. The maximum absolute atomic E-state index is 11.9. The maximum atomic E-state index is 11.9. The number of hydrogen-bond donors (Lipinski definition) is 2. The Morgan fingerprint density at radius 3 is 2.55 bits per heavy atom. The number of carbonyl (C=O) groups excluding carboxylic acids is 2. The van der Waals surface area contributed by atoms with Crippen LogP contribution in [0.4, 0.5) is 5.00 Å². The summed E-state index contributed by atoms with van der Waals surface area (Å²) >= 11 is 1.39. The van der Waals surface area contributed by atoms with Gasteiger partial charge in [0.1, 0.15) is 5.00 Å². The third kappa shape index (κ3) is 4.05. The molecule has 0 bridgehead atoms. The minimum absolute atomic E-state index is 0.156. The predicted octanol–water partition coefficient (Wildman–Crippen LogP) is 2.48. The number of methoxy groups -OCH3 is 1. The molecule has 5 nitrogen and oxygen atoms in total. The van der Waals surface area contributed by atoms with Crippen molar-refractivity contribution in [2.24, 2.45) is 0 Å². The summed E-state index contributed by atoms with van der Waals surface area (Å²) in [6.07, 6.45) is 0.956. The summed E-state index contributed by atoms with van der Waals surface area (Å²) in [5, 5.41) is 6.45. The largest absolute Gasteiger partial charge is 0.465 e. The van der Waals surface area contributed by atoms with Crippen LogP contribution in [0.2, 0.25) is 0 Å². The number of amides is 1. The Balaban J connectivity index is 2.79. The molecule has 1 unspecified atom stereocenters. The van der Waals surface area contributed by atoms with Crippen LogP contribution in [-0.4, -0.2) is 31.6 Å². The molecule has 0 spiro atoms. The van der Waals surface area contributed by atoms with Gasteiger partial charge in [0.15, 0.2) is 0 Å². The van der Waals surface area contributed by atoms with Crippen LogP contribution < -0.4 is 10.6 Å². The van der Waals surface area contributed by atoms with E-state index in [0.717, 1.165) is 16.9 Å². The van der Waals surface area contributed by atoms with Gasteiger partial charge >= 0.3 is 5.97 Å².